The molecule has 2 aromatic rings. The van der Waals surface area contributed by atoms with Crippen molar-refractivity contribution in [1.82, 2.24) is 15.2 Å². The Labute approximate surface area is 142 Å². The smallest absolute Gasteiger partial charge is 0.224 e. The molecule has 0 aliphatic heterocycles. The summed E-state index contributed by atoms with van der Waals surface area (Å²) in [6.45, 7) is 4.96. The minimum atomic E-state index is -0.0382. The monoisotopic (exact) mass is 325 g/mol. The highest BCUT2D eigenvalue weighted by Gasteiger charge is 2.10. The number of nitrogens with one attached hydrogen (secondary N) is 1. The van der Waals surface area contributed by atoms with Crippen LogP contribution in [0.25, 0.3) is 0 Å². The van der Waals surface area contributed by atoms with Crippen LogP contribution in [0.2, 0.25) is 0 Å². The zero-order valence-electron chi connectivity index (χ0n) is 14.2. The maximum Gasteiger partial charge on any atom is 0.224 e. The van der Waals surface area contributed by atoms with E-state index in [0.717, 1.165) is 11.1 Å². The van der Waals surface area contributed by atoms with Gasteiger partial charge in [0.2, 0.25) is 11.8 Å². The van der Waals surface area contributed by atoms with E-state index >= 15 is 0 Å². The number of hydrogen-bond donors (Lipinski definition) is 1. The first-order valence-electron chi connectivity index (χ1n) is 8.01. The number of hydrogen-bond acceptors (Lipinski definition) is 3. The molecule has 1 aromatic heterocycles. The van der Waals surface area contributed by atoms with Crippen LogP contribution in [-0.4, -0.2) is 34.8 Å². The second-order valence-electron chi connectivity index (χ2n) is 5.81. The first kappa shape index (κ1) is 17.7. The van der Waals surface area contributed by atoms with Crippen molar-refractivity contribution in [3.8, 4) is 0 Å². The summed E-state index contributed by atoms with van der Waals surface area (Å²) in [7, 11) is 0. The zero-order valence-corrected chi connectivity index (χ0v) is 14.2. The third-order valence-electron chi connectivity index (χ3n) is 3.73. The summed E-state index contributed by atoms with van der Waals surface area (Å²) in [6, 6.07) is 11.7. The Morgan fingerprint density at radius 1 is 1.12 bits per heavy atom. The second kappa shape index (κ2) is 8.82. The number of carbonyl (C=O) groups is 2. The van der Waals surface area contributed by atoms with E-state index in [9.17, 15) is 9.59 Å². The van der Waals surface area contributed by atoms with Crippen molar-refractivity contribution in [3.05, 3.63) is 65.5 Å². The molecule has 0 aliphatic carbocycles. The summed E-state index contributed by atoms with van der Waals surface area (Å²) < 4.78 is 0. The van der Waals surface area contributed by atoms with Crippen molar-refractivity contribution in [3.63, 3.8) is 0 Å². The lowest BCUT2D eigenvalue weighted by Gasteiger charge is -2.21. The summed E-state index contributed by atoms with van der Waals surface area (Å²) in [5.41, 5.74) is 3.13. The first-order valence-corrected chi connectivity index (χ1v) is 8.01. The van der Waals surface area contributed by atoms with Gasteiger partial charge in [0.05, 0.1) is 6.42 Å². The highest BCUT2D eigenvalue weighted by molar-refractivity contribution is 5.78. The fraction of sp³-hybridized carbons (Fsp3) is 0.316. The molecule has 0 radical (unpaired) electrons. The fourth-order valence-electron chi connectivity index (χ4n) is 2.34. The first-order chi connectivity index (χ1) is 11.5. The molecule has 2 rings (SSSR count). The molecule has 1 aromatic carbocycles. The predicted molar refractivity (Wildman–Crippen MR) is 93.2 cm³/mol. The number of aromatic nitrogens is 1. The van der Waals surface area contributed by atoms with Crippen molar-refractivity contribution < 1.29 is 9.59 Å². The van der Waals surface area contributed by atoms with Gasteiger partial charge < -0.3 is 10.2 Å². The lowest BCUT2D eigenvalue weighted by Crippen LogP contribution is -2.37. The van der Waals surface area contributed by atoms with Gasteiger partial charge in [0.15, 0.2) is 0 Å². The molecule has 0 saturated carbocycles. The van der Waals surface area contributed by atoms with Gasteiger partial charge in [-0.15, -0.1) is 0 Å². The SMILES string of the molecule is CC(=O)N(CCNC(=O)Cc1ccc(C)cc1)Cc1cccnc1. The average Bonchev–Trinajstić information content (AvgIpc) is 2.57. The van der Waals surface area contributed by atoms with E-state index < -0.39 is 0 Å². The Morgan fingerprint density at radius 3 is 2.50 bits per heavy atom. The summed E-state index contributed by atoms with van der Waals surface area (Å²) in [5.74, 6) is -0.0598. The van der Waals surface area contributed by atoms with Crippen LogP contribution in [0.3, 0.4) is 0 Å². The molecule has 0 unspecified atom stereocenters. The van der Waals surface area contributed by atoms with E-state index in [-0.39, 0.29) is 11.8 Å². The molecule has 0 fully saturated rings. The molecular formula is C19H23N3O2. The van der Waals surface area contributed by atoms with Crippen LogP contribution in [0.5, 0.6) is 0 Å². The number of carbonyl (C=O) groups excluding carboxylic acids is 2. The van der Waals surface area contributed by atoms with Crippen LogP contribution in [0.1, 0.15) is 23.6 Å². The Balaban J connectivity index is 1.78. The molecule has 0 atom stereocenters. The average molecular weight is 325 g/mol. The standard InChI is InChI=1S/C19H23N3O2/c1-15-5-7-17(8-6-15)12-19(24)21-10-11-22(16(2)23)14-18-4-3-9-20-13-18/h3-9,13H,10-12,14H2,1-2H3,(H,21,24). The van der Waals surface area contributed by atoms with Crippen LogP contribution < -0.4 is 5.32 Å². The molecular weight excluding hydrogens is 302 g/mol. The molecule has 0 bridgehead atoms. The lowest BCUT2D eigenvalue weighted by molar-refractivity contribution is -0.130. The van der Waals surface area contributed by atoms with Gasteiger partial charge in [0.1, 0.15) is 0 Å². The summed E-state index contributed by atoms with van der Waals surface area (Å²) >= 11 is 0. The van der Waals surface area contributed by atoms with Gasteiger partial charge in [-0.05, 0) is 24.1 Å². The van der Waals surface area contributed by atoms with E-state index in [4.69, 9.17) is 0 Å². The highest BCUT2D eigenvalue weighted by Crippen LogP contribution is 2.04. The Hall–Kier alpha value is -2.69. The fourth-order valence-corrected chi connectivity index (χ4v) is 2.34. The predicted octanol–water partition coefficient (Wildman–Crippen LogP) is 2.10. The zero-order chi connectivity index (χ0) is 17.4. The topological polar surface area (TPSA) is 62.3 Å². The van der Waals surface area contributed by atoms with Crippen LogP contribution in [0.4, 0.5) is 0 Å². The van der Waals surface area contributed by atoms with E-state index in [1.165, 1.54) is 12.5 Å². The van der Waals surface area contributed by atoms with Gasteiger partial charge in [0.25, 0.3) is 0 Å². The number of benzene rings is 1. The van der Waals surface area contributed by atoms with Gasteiger partial charge in [-0.25, -0.2) is 0 Å². The Bertz CT molecular complexity index is 669. The maximum absolute atomic E-state index is 12.0. The lowest BCUT2D eigenvalue weighted by atomic mass is 10.1. The van der Waals surface area contributed by atoms with Gasteiger partial charge >= 0.3 is 0 Å². The summed E-state index contributed by atoms with van der Waals surface area (Å²) in [6.07, 6.45) is 3.79. The van der Waals surface area contributed by atoms with Crippen molar-refractivity contribution in [2.75, 3.05) is 13.1 Å². The molecule has 0 saturated heterocycles. The third kappa shape index (κ3) is 5.83. The molecule has 2 amide bonds. The van der Waals surface area contributed by atoms with Crippen LogP contribution >= 0.6 is 0 Å². The quantitative estimate of drug-likeness (QED) is 0.848. The Kier molecular flexibility index (Phi) is 6.49. The number of nitrogens with zero attached hydrogens (tertiary/aromatic N) is 2. The van der Waals surface area contributed by atoms with Gasteiger partial charge in [-0.3, -0.25) is 14.6 Å². The van der Waals surface area contributed by atoms with Crippen molar-refractivity contribution >= 4 is 11.8 Å². The van der Waals surface area contributed by atoms with Crippen molar-refractivity contribution in [2.24, 2.45) is 0 Å². The molecule has 5 nitrogen and oxygen atoms in total. The van der Waals surface area contributed by atoms with Crippen LogP contribution in [0, 0.1) is 6.92 Å². The van der Waals surface area contributed by atoms with Gasteiger partial charge in [-0.2, -0.15) is 0 Å². The van der Waals surface area contributed by atoms with Crippen molar-refractivity contribution in [2.45, 2.75) is 26.8 Å². The third-order valence-corrected chi connectivity index (χ3v) is 3.73. The molecule has 1 heterocycles. The molecule has 126 valence electrons. The summed E-state index contributed by atoms with van der Waals surface area (Å²) in [5, 5.41) is 2.87. The minimum absolute atomic E-state index is 0.0216. The number of aryl methyl sites for hydroxylation is 1. The van der Waals surface area contributed by atoms with Gasteiger partial charge in [0, 0.05) is 39.0 Å². The van der Waals surface area contributed by atoms with E-state index in [1.54, 1.807) is 17.3 Å². The summed E-state index contributed by atoms with van der Waals surface area (Å²) in [4.78, 5) is 29.5. The molecule has 24 heavy (non-hydrogen) atoms. The van der Waals surface area contributed by atoms with Crippen LogP contribution in [-0.2, 0) is 22.6 Å². The normalized spacial score (nSPS) is 10.2. The number of rotatable bonds is 7. The molecule has 1 N–H and O–H groups in total. The van der Waals surface area contributed by atoms with Crippen molar-refractivity contribution in [1.29, 1.82) is 0 Å². The second-order valence-corrected chi connectivity index (χ2v) is 5.81. The maximum atomic E-state index is 12.0. The van der Waals surface area contributed by atoms with Gasteiger partial charge in [-0.1, -0.05) is 35.9 Å². The largest absolute Gasteiger partial charge is 0.354 e. The van der Waals surface area contributed by atoms with E-state index in [1.807, 2.05) is 43.3 Å². The highest BCUT2D eigenvalue weighted by atomic mass is 16.2. The van der Waals surface area contributed by atoms with Crippen LogP contribution in [0.15, 0.2) is 48.8 Å². The molecule has 0 aliphatic rings. The molecule has 0 spiro atoms. The number of pyridine rings is 1. The minimum Gasteiger partial charge on any atom is -0.354 e. The number of amides is 2. The van der Waals surface area contributed by atoms with E-state index in [2.05, 4.69) is 10.3 Å². The Morgan fingerprint density at radius 2 is 1.88 bits per heavy atom. The molecule has 5 heteroatoms. The van der Waals surface area contributed by atoms with E-state index in [0.29, 0.717) is 26.1 Å².